The molecule has 0 aliphatic heterocycles. The molecule has 0 heterocycles. The monoisotopic (exact) mass is 600 g/mol. The number of halogens is 7. The first kappa shape index (κ1) is 26.4. The Bertz CT molecular complexity index is 987. The predicted octanol–water partition coefficient (Wildman–Crippen LogP) is 3.41. The van der Waals surface area contributed by atoms with Crippen LogP contribution in [0, 0.1) is 3.57 Å². The summed E-state index contributed by atoms with van der Waals surface area (Å²) in [6.45, 7) is -0.449. The summed E-state index contributed by atoms with van der Waals surface area (Å²) in [6.07, 6.45) is 0. The summed E-state index contributed by atoms with van der Waals surface area (Å²) < 4.78 is 133. The normalized spacial score (nSPS) is 14.2. The molecule has 172 valence electrons. The Morgan fingerprint density at radius 1 is 0.967 bits per heavy atom. The molecular weight excluding hydrogens is 589 g/mol. The quantitative estimate of drug-likeness (QED) is 0.112. The molecule has 0 aliphatic rings. The fraction of sp³-hybridized carbons (Fsp3) is 0.308. The SMILES string of the molecule is CC(=O)OC/C(=C\I(OS(=O)(=O)C(F)(F)F)c1ccccc1)OS(=O)(=O)C(F)(F)F. The molecule has 0 atom stereocenters. The average Bonchev–Trinajstić information content (AvgIpc) is 2.57. The zero-order valence-corrected chi connectivity index (χ0v) is 18.2. The number of carbonyl (C=O) groups excluding carboxylic acids is 1. The summed E-state index contributed by atoms with van der Waals surface area (Å²) in [6, 6.07) is 6.13. The molecule has 0 saturated carbocycles. The molecule has 17 heteroatoms. The van der Waals surface area contributed by atoms with Crippen molar-refractivity contribution in [3.63, 3.8) is 0 Å². The molecule has 0 saturated heterocycles. The maximum absolute atomic E-state index is 12.7. The first-order chi connectivity index (χ1) is 13.5. The van der Waals surface area contributed by atoms with Gasteiger partial charge in [-0.1, -0.05) is 0 Å². The van der Waals surface area contributed by atoms with Crippen LogP contribution in [-0.2, 0) is 36.5 Å². The van der Waals surface area contributed by atoms with E-state index >= 15 is 0 Å². The van der Waals surface area contributed by atoms with Gasteiger partial charge in [-0.3, -0.25) is 0 Å². The van der Waals surface area contributed by atoms with Gasteiger partial charge in [0.15, 0.2) is 0 Å². The Kier molecular flexibility index (Phi) is 8.54. The Morgan fingerprint density at radius 3 is 1.90 bits per heavy atom. The van der Waals surface area contributed by atoms with Crippen molar-refractivity contribution in [1.82, 2.24) is 0 Å². The molecular formula is C13H11F6IO8S2. The van der Waals surface area contributed by atoms with Crippen molar-refractivity contribution in [2.75, 3.05) is 6.61 Å². The summed E-state index contributed by atoms with van der Waals surface area (Å²) in [7, 11) is -12.5. The van der Waals surface area contributed by atoms with Crippen LogP contribution in [-0.4, -0.2) is 40.4 Å². The Labute approximate surface area is 174 Å². The molecule has 0 unspecified atom stereocenters. The van der Waals surface area contributed by atoms with E-state index in [2.05, 4.69) is 11.4 Å². The number of ether oxygens (including phenoxy) is 1. The van der Waals surface area contributed by atoms with E-state index in [4.69, 9.17) is 0 Å². The number of rotatable bonds is 8. The van der Waals surface area contributed by atoms with E-state index in [1.54, 1.807) is 0 Å². The van der Waals surface area contributed by atoms with E-state index in [0.717, 1.165) is 19.1 Å². The minimum absolute atomic E-state index is 0.178. The third-order valence-corrected chi connectivity index (χ3v) is 10.2. The van der Waals surface area contributed by atoms with Crippen molar-refractivity contribution in [2.24, 2.45) is 0 Å². The molecule has 1 aromatic rings. The Hall–Kier alpha value is -1.60. The van der Waals surface area contributed by atoms with E-state index < -0.39 is 69.8 Å². The van der Waals surface area contributed by atoms with Crippen molar-refractivity contribution in [3.05, 3.63) is 43.7 Å². The molecule has 0 bridgehead atoms. The molecule has 0 N–H and O–H groups in total. The molecule has 0 aliphatic carbocycles. The zero-order valence-electron chi connectivity index (χ0n) is 14.4. The third-order valence-electron chi connectivity index (χ3n) is 2.52. The first-order valence-corrected chi connectivity index (χ1v) is 13.1. The van der Waals surface area contributed by atoms with Crippen LogP contribution in [0.4, 0.5) is 26.3 Å². The van der Waals surface area contributed by atoms with E-state index in [9.17, 15) is 48.0 Å². The van der Waals surface area contributed by atoms with Gasteiger partial charge in [-0.25, -0.2) is 0 Å². The van der Waals surface area contributed by atoms with Gasteiger partial charge in [0, 0.05) is 0 Å². The van der Waals surface area contributed by atoms with Gasteiger partial charge < -0.3 is 0 Å². The molecule has 0 aromatic heterocycles. The summed E-state index contributed by atoms with van der Waals surface area (Å²) in [5.41, 5.74) is -11.8. The number of benzene rings is 1. The summed E-state index contributed by atoms with van der Waals surface area (Å²) >= 11 is -4.22. The summed E-state index contributed by atoms with van der Waals surface area (Å²) in [5.74, 6) is -2.38. The summed E-state index contributed by atoms with van der Waals surface area (Å²) in [4.78, 5) is 10.9. The van der Waals surface area contributed by atoms with E-state index in [1.165, 1.54) is 18.2 Å². The second-order valence-electron chi connectivity index (χ2n) is 4.87. The fourth-order valence-electron chi connectivity index (χ4n) is 1.33. The van der Waals surface area contributed by atoms with Crippen LogP contribution in [0.3, 0.4) is 0 Å². The molecule has 1 rings (SSSR count). The van der Waals surface area contributed by atoms with Gasteiger partial charge in [-0.05, 0) is 0 Å². The standard InChI is InChI=1S/C13H11F6IO8S2/c1-9(21)26-8-11(27-29(22,23)12(14,15)16)7-20(10-5-3-2-4-6-10)28-30(24,25)13(17,18)19/h2-7H,8H2,1H3/b11-7+. The molecule has 0 spiro atoms. The van der Waals surface area contributed by atoms with Gasteiger partial charge in [0.1, 0.15) is 0 Å². The van der Waals surface area contributed by atoms with E-state index in [-0.39, 0.29) is 3.57 Å². The van der Waals surface area contributed by atoms with Gasteiger partial charge in [0.05, 0.1) is 0 Å². The van der Waals surface area contributed by atoms with Crippen LogP contribution in [0.25, 0.3) is 0 Å². The number of hydrogen-bond acceptors (Lipinski definition) is 8. The second kappa shape index (κ2) is 9.69. The second-order valence-corrected chi connectivity index (χ2v) is 12.4. The topological polar surface area (TPSA) is 113 Å². The molecule has 0 amide bonds. The number of esters is 1. The molecule has 30 heavy (non-hydrogen) atoms. The van der Waals surface area contributed by atoms with Gasteiger partial charge in [0.25, 0.3) is 0 Å². The number of carbonyl (C=O) groups is 1. The zero-order chi connectivity index (χ0) is 23.4. The Balaban J connectivity index is 3.48. The van der Waals surface area contributed by atoms with Gasteiger partial charge >= 0.3 is 174 Å². The van der Waals surface area contributed by atoms with Crippen LogP contribution in [0.2, 0.25) is 0 Å². The van der Waals surface area contributed by atoms with Gasteiger partial charge in [-0.2, -0.15) is 0 Å². The van der Waals surface area contributed by atoms with Crippen molar-refractivity contribution < 1.29 is 59.4 Å². The van der Waals surface area contributed by atoms with E-state index in [0.29, 0.717) is 4.08 Å². The van der Waals surface area contributed by atoms with Crippen LogP contribution in [0.15, 0.2) is 40.2 Å². The van der Waals surface area contributed by atoms with Crippen LogP contribution in [0.5, 0.6) is 0 Å². The van der Waals surface area contributed by atoms with Crippen LogP contribution >= 0.6 is 20.2 Å². The molecule has 8 nitrogen and oxygen atoms in total. The maximum atomic E-state index is 12.7. The van der Waals surface area contributed by atoms with Crippen molar-refractivity contribution >= 4 is 46.4 Å². The molecule has 1 aromatic carbocycles. The van der Waals surface area contributed by atoms with Gasteiger partial charge in [0.2, 0.25) is 0 Å². The Morgan fingerprint density at radius 2 is 1.47 bits per heavy atom. The minimum atomic E-state index is -6.31. The average molecular weight is 600 g/mol. The number of alkyl halides is 6. The third kappa shape index (κ3) is 7.58. The van der Waals surface area contributed by atoms with Crippen molar-refractivity contribution in [1.29, 1.82) is 0 Å². The number of hydrogen-bond donors (Lipinski definition) is 0. The molecule has 0 radical (unpaired) electrons. The molecule has 0 fully saturated rings. The van der Waals surface area contributed by atoms with Crippen molar-refractivity contribution in [3.8, 4) is 0 Å². The van der Waals surface area contributed by atoms with Crippen LogP contribution in [0.1, 0.15) is 6.92 Å². The fourth-order valence-corrected chi connectivity index (χ4v) is 7.83. The van der Waals surface area contributed by atoms with Gasteiger partial charge in [-0.15, -0.1) is 0 Å². The predicted molar refractivity (Wildman–Crippen MR) is 96.0 cm³/mol. The van der Waals surface area contributed by atoms with Crippen LogP contribution < -0.4 is 0 Å². The van der Waals surface area contributed by atoms with Crippen molar-refractivity contribution in [2.45, 2.75) is 17.9 Å². The first-order valence-electron chi connectivity index (χ1n) is 7.06. The van der Waals surface area contributed by atoms with E-state index in [1.807, 2.05) is 0 Å². The summed E-state index contributed by atoms with van der Waals surface area (Å²) in [5, 5.41) is 0.